The van der Waals surface area contributed by atoms with Crippen LogP contribution in [0.2, 0.25) is 10.0 Å². The van der Waals surface area contributed by atoms with Gasteiger partial charge in [0.25, 0.3) is 5.91 Å². The number of carbonyl (C=O) groups is 1. The van der Waals surface area contributed by atoms with Gasteiger partial charge in [0.05, 0.1) is 12.2 Å². The van der Waals surface area contributed by atoms with Gasteiger partial charge in [0.2, 0.25) is 0 Å². The Morgan fingerprint density at radius 2 is 1.63 bits per heavy atom. The fraction of sp³-hybridized carbons (Fsp3) is 0.143. The van der Waals surface area contributed by atoms with E-state index >= 15 is 0 Å². The summed E-state index contributed by atoms with van der Waals surface area (Å²) in [5, 5.41) is 12.3. The van der Waals surface area contributed by atoms with Gasteiger partial charge in [-0.2, -0.15) is 0 Å². The lowest BCUT2D eigenvalue weighted by molar-refractivity contribution is -0.136. The van der Waals surface area contributed by atoms with E-state index in [-0.39, 0.29) is 13.0 Å². The molecule has 0 spiro atoms. The topological polar surface area (TPSA) is 53.4 Å². The van der Waals surface area contributed by atoms with Gasteiger partial charge in [-0.1, -0.05) is 47.5 Å². The molecule has 2 heterocycles. The molecule has 0 saturated heterocycles. The third kappa shape index (κ3) is 3.10. The first-order chi connectivity index (χ1) is 13.0. The number of halogens is 2. The van der Waals surface area contributed by atoms with Crippen LogP contribution in [-0.2, 0) is 23.4 Å². The summed E-state index contributed by atoms with van der Waals surface area (Å²) in [6, 6.07) is 16.1. The van der Waals surface area contributed by atoms with Crippen LogP contribution in [0.4, 0.5) is 5.69 Å². The SMILES string of the molecule is O=C1N(Cc2c(Cl)cccc2Cl)c2ccccc2[C@]1(O)Cc1ccncc1. The first kappa shape index (κ1) is 18.0. The van der Waals surface area contributed by atoms with Crippen molar-refractivity contribution >= 4 is 34.8 Å². The molecule has 1 aliphatic heterocycles. The van der Waals surface area contributed by atoms with Crippen molar-refractivity contribution in [3.8, 4) is 0 Å². The largest absolute Gasteiger partial charge is 0.375 e. The summed E-state index contributed by atoms with van der Waals surface area (Å²) in [6.07, 6.45) is 3.45. The number of hydrogen-bond acceptors (Lipinski definition) is 3. The van der Waals surface area contributed by atoms with Gasteiger partial charge in [-0.15, -0.1) is 0 Å². The van der Waals surface area contributed by atoms with E-state index in [2.05, 4.69) is 4.98 Å². The number of aromatic nitrogens is 1. The highest BCUT2D eigenvalue weighted by atomic mass is 35.5. The molecule has 3 aromatic rings. The van der Waals surface area contributed by atoms with Gasteiger partial charge in [0, 0.05) is 40.0 Å². The molecule has 1 aromatic heterocycles. The molecule has 1 amide bonds. The molecule has 0 fully saturated rings. The molecular weight excluding hydrogens is 383 g/mol. The van der Waals surface area contributed by atoms with E-state index in [4.69, 9.17) is 23.2 Å². The Bertz CT molecular complexity index is 990. The Labute approximate surface area is 167 Å². The van der Waals surface area contributed by atoms with E-state index < -0.39 is 11.5 Å². The number of carbonyl (C=O) groups excluding carboxylic acids is 1. The highest BCUT2D eigenvalue weighted by molar-refractivity contribution is 6.36. The van der Waals surface area contributed by atoms with Gasteiger partial charge < -0.3 is 10.0 Å². The summed E-state index contributed by atoms with van der Waals surface area (Å²) < 4.78 is 0. The Morgan fingerprint density at radius 1 is 0.963 bits per heavy atom. The molecule has 1 atom stereocenters. The molecular formula is C21H16Cl2N2O2. The zero-order valence-electron chi connectivity index (χ0n) is 14.3. The van der Waals surface area contributed by atoms with Gasteiger partial charge in [0.15, 0.2) is 5.60 Å². The van der Waals surface area contributed by atoms with Crippen LogP contribution < -0.4 is 4.90 Å². The number of para-hydroxylation sites is 1. The standard InChI is InChI=1S/C21H16Cl2N2O2/c22-17-5-3-6-18(23)15(17)13-25-19-7-2-1-4-16(19)21(27,20(25)26)12-14-8-10-24-11-9-14/h1-11,27H,12-13H2/t21-/m1/s1. The molecule has 136 valence electrons. The van der Waals surface area contributed by atoms with Crippen LogP contribution in [0.5, 0.6) is 0 Å². The second-order valence-electron chi connectivity index (χ2n) is 6.50. The molecule has 0 unspecified atom stereocenters. The normalized spacial score (nSPS) is 18.6. The highest BCUT2D eigenvalue weighted by Crippen LogP contribution is 2.43. The number of aliphatic hydroxyl groups is 1. The van der Waals surface area contributed by atoms with Gasteiger partial charge in [0.1, 0.15) is 0 Å². The maximum absolute atomic E-state index is 13.3. The maximum atomic E-state index is 13.3. The van der Waals surface area contributed by atoms with E-state index in [0.717, 1.165) is 5.56 Å². The van der Waals surface area contributed by atoms with E-state index in [1.807, 2.05) is 18.2 Å². The molecule has 6 heteroatoms. The number of rotatable bonds is 4. The highest BCUT2D eigenvalue weighted by Gasteiger charge is 2.49. The van der Waals surface area contributed by atoms with Gasteiger partial charge in [-0.3, -0.25) is 9.78 Å². The van der Waals surface area contributed by atoms with E-state index in [1.165, 1.54) is 0 Å². The zero-order valence-corrected chi connectivity index (χ0v) is 15.8. The summed E-state index contributed by atoms with van der Waals surface area (Å²) in [7, 11) is 0. The Kier molecular flexibility index (Phi) is 4.64. The van der Waals surface area contributed by atoms with E-state index in [0.29, 0.717) is 26.9 Å². The number of nitrogens with zero attached hydrogens (tertiary/aromatic N) is 2. The zero-order chi connectivity index (χ0) is 19.0. The lowest BCUT2D eigenvalue weighted by Gasteiger charge is -2.24. The van der Waals surface area contributed by atoms with Crippen molar-refractivity contribution in [1.29, 1.82) is 0 Å². The van der Waals surface area contributed by atoms with Crippen LogP contribution in [0.3, 0.4) is 0 Å². The summed E-state index contributed by atoms with van der Waals surface area (Å²) in [4.78, 5) is 18.8. The minimum atomic E-state index is -1.65. The number of amides is 1. The fourth-order valence-corrected chi connectivity index (χ4v) is 3.99. The average Bonchev–Trinajstić information content (AvgIpc) is 2.87. The van der Waals surface area contributed by atoms with Gasteiger partial charge in [-0.25, -0.2) is 0 Å². The fourth-order valence-electron chi connectivity index (χ4n) is 3.47. The molecule has 1 N–H and O–H groups in total. The lowest BCUT2D eigenvalue weighted by Crippen LogP contribution is -2.41. The third-order valence-electron chi connectivity index (χ3n) is 4.83. The van der Waals surface area contributed by atoms with Crippen LogP contribution >= 0.6 is 23.2 Å². The first-order valence-electron chi connectivity index (χ1n) is 8.46. The maximum Gasteiger partial charge on any atom is 0.264 e. The summed E-state index contributed by atoms with van der Waals surface area (Å²) in [5.74, 6) is -0.392. The minimum absolute atomic E-state index is 0.165. The summed E-state index contributed by atoms with van der Waals surface area (Å²) in [5.41, 5.74) is 1.07. The predicted octanol–water partition coefficient (Wildman–Crippen LogP) is 4.37. The van der Waals surface area contributed by atoms with Crippen molar-refractivity contribution in [1.82, 2.24) is 4.98 Å². The molecule has 1 aliphatic rings. The molecule has 2 aromatic carbocycles. The van der Waals surface area contributed by atoms with Crippen LogP contribution in [0.15, 0.2) is 67.0 Å². The predicted molar refractivity (Wildman–Crippen MR) is 106 cm³/mol. The van der Waals surface area contributed by atoms with Gasteiger partial charge in [-0.05, 0) is 35.9 Å². The van der Waals surface area contributed by atoms with Crippen molar-refractivity contribution in [2.24, 2.45) is 0 Å². The number of pyridine rings is 1. The quantitative estimate of drug-likeness (QED) is 0.709. The Balaban J connectivity index is 1.76. The number of hydrogen-bond donors (Lipinski definition) is 1. The second kappa shape index (κ2) is 6.97. The van der Waals surface area contributed by atoms with Gasteiger partial charge >= 0.3 is 0 Å². The molecule has 0 radical (unpaired) electrons. The molecule has 0 saturated carbocycles. The van der Waals surface area contributed by atoms with Crippen molar-refractivity contribution in [2.75, 3.05) is 4.90 Å². The monoisotopic (exact) mass is 398 g/mol. The van der Waals surface area contributed by atoms with Crippen LogP contribution in [0.1, 0.15) is 16.7 Å². The summed E-state index contributed by atoms with van der Waals surface area (Å²) in [6.45, 7) is 0.188. The van der Waals surface area contributed by atoms with E-state index in [9.17, 15) is 9.90 Å². The summed E-state index contributed by atoms with van der Waals surface area (Å²) >= 11 is 12.6. The van der Waals surface area contributed by atoms with Crippen molar-refractivity contribution in [3.05, 3.63) is 93.7 Å². The number of benzene rings is 2. The van der Waals surface area contributed by atoms with Crippen LogP contribution in [0.25, 0.3) is 0 Å². The Morgan fingerprint density at radius 3 is 2.33 bits per heavy atom. The average molecular weight is 399 g/mol. The molecule has 0 aliphatic carbocycles. The third-order valence-corrected chi connectivity index (χ3v) is 5.53. The molecule has 4 nitrogen and oxygen atoms in total. The molecule has 0 bridgehead atoms. The lowest BCUT2D eigenvalue weighted by atomic mass is 9.89. The molecule has 27 heavy (non-hydrogen) atoms. The second-order valence-corrected chi connectivity index (χ2v) is 7.32. The number of fused-ring (bicyclic) bond motifs is 1. The van der Waals surface area contributed by atoms with Crippen molar-refractivity contribution < 1.29 is 9.90 Å². The Hall–Kier alpha value is -2.40. The van der Waals surface area contributed by atoms with Crippen LogP contribution in [-0.4, -0.2) is 16.0 Å². The molecule has 4 rings (SSSR count). The van der Waals surface area contributed by atoms with Crippen molar-refractivity contribution in [2.45, 2.75) is 18.6 Å². The number of anilines is 1. The van der Waals surface area contributed by atoms with E-state index in [1.54, 1.807) is 53.7 Å². The van der Waals surface area contributed by atoms with Crippen molar-refractivity contribution in [3.63, 3.8) is 0 Å². The smallest absolute Gasteiger partial charge is 0.264 e. The first-order valence-corrected chi connectivity index (χ1v) is 9.22. The minimum Gasteiger partial charge on any atom is -0.375 e. The van der Waals surface area contributed by atoms with Crippen LogP contribution in [0, 0.1) is 0 Å².